The minimum Gasteiger partial charge on any atom is -0.496 e. The lowest BCUT2D eigenvalue weighted by Gasteiger charge is -2.23. The lowest BCUT2D eigenvalue weighted by molar-refractivity contribution is 0.108. The molecular formula is C27H29FO5S. The van der Waals surface area contributed by atoms with Crippen LogP contribution in [0.15, 0.2) is 54.1 Å². The Morgan fingerprint density at radius 3 is 2.12 bits per heavy atom. The van der Waals surface area contributed by atoms with Crippen LogP contribution < -0.4 is 18.9 Å². The van der Waals surface area contributed by atoms with Crippen LogP contribution in [0.25, 0.3) is 10.8 Å². The Labute approximate surface area is 203 Å². The number of rotatable bonds is 9. The molecule has 3 rings (SSSR count). The Hall–Kier alpha value is -3.19. The van der Waals surface area contributed by atoms with Crippen molar-refractivity contribution < 1.29 is 28.1 Å². The quantitative estimate of drug-likeness (QED) is 0.305. The molecular weight excluding hydrogens is 455 g/mol. The number of carbonyl (C=O) groups is 1. The molecule has 180 valence electrons. The average Bonchev–Trinajstić information content (AvgIpc) is 2.84. The average molecular weight is 485 g/mol. The molecule has 0 aliphatic heterocycles. The summed E-state index contributed by atoms with van der Waals surface area (Å²) in [5.74, 6) is 1.90. The minimum atomic E-state index is -0.450. The molecule has 0 saturated heterocycles. The van der Waals surface area contributed by atoms with Crippen molar-refractivity contribution in [2.75, 3.05) is 28.4 Å². The van der Waals surface area contributed by atoms with Crippen LogP contribution in [0.5, 0.6) is 23.0 Å². The Morgan fingerprint density at radius 1 is 0.912 bits per heavy atom. The Bertz CT molecular complexity index is 1220. The van der Waals surface area contributed by atoms with Crippen molar-refractivity contribution in [3.63, 3.8) is 0 Å². The normalized spacial score (nSPS) is 11.6. The van der Waals surface area contributed by atoms with Gasteiger partial charge in [0.2, 0.25) is 5.12 Å². The predicted octanol–water partition coefficient (Wildman–Crippen LogP) is 6.98. The van der Waals surface area contributed by atoms with E-state index in [0.717, 1.165) is 22.9 Å². The van der Waals surface area contributed by atoms with Crippen LogP contribution in [0, 0.1) is 5.82 Å². The molecule has 0 heterocycles. The molecule has 0 fully saturated rings. The van der Waals surface area contributed by atoms with Crippen molar-refractivity contribution in [3.8, 4) is 23.0 Å². The van der Waals surface area contributed by atoms with Crippen LogP contribution in [0.4, 0.5) is 4.39 Å². The molecule has 7 heteroatoms. The summed E-state index contributed by atoms with van der Waals surface area (Å²) in [7, 11) is 6.34. The highest BCUT2D eigenvalue weighted by Crippen LogP contribution is 2.50. The van der Waals surface area contributed by atoms with Gasteiger partial charge in [0.25, 0.3) is 0 Å². The number of halogens is 1. The van der Waals surface area contributed by atoms with Crippen molar-refractivity contribution in [1.29, 1.82) is 0 Å². The molecule has 5 nitrogen and oxygen atoms in total. The summed E-state index contributed by atoms with van der Waals surface area (Å²) >= 11 is 1.12. The summed E-state index contributed by atoms with van der Waals surface area (Å²) in [5.41, 5.74) is 2.19. The molecule has 0 amide bonds. The maximum Gasteiger partial charge on any atom is 0.220 e. The summed E-state index contributed by atoms with van der Waals surface area (Å²) in [4.78, 5) is 13.1. The van der Waals surface area contributed by atoms with Gasteiger partial charge in [0.15, 0.2) is 0 Å². The van der Waals surface area contributed by atoms with E-state index >= 15 is 0 Å². The molecule has 1 unspecified atom stereocenters. The van der Waals surface area contributed by atoms with Gasteiger partial charge in [0.05, 0.1) is 39.2 Å². The molecule has 0 N–H and O–H groups in total. The van der Waals surface area contributed by atoms with Gasteiger partial charge in [-0.05, 0) is 50.6 Å². The van der Waals surface area contributed by atoms with Crippen molar-refractivity contribution >= 4 is 27.6 Å². The summed E-state index contributed by atoms with van der Waals surface area (Å²) in [6, 6.07) is 11.2. The number of thioether (sulfide) groups is 1. The SMILES string of the molecule is COc1ccc(OC)c2c(OC)c(C(CC=C(C)C)SC(=O)c3cccc(F)c3)cc(OC)c12. The van der Waals surface area contributed by atoms with Crippen molar-refractivity contribution in [2.24, 2.45) is 0 Å². The van der Waals surface area contributed by atoms with E-state index in [2.05, 4.69) is 6.08 Å². The Balaban J connectivity index is 2.24. The highest BCUT2D eigenvalue weighted by atomic mass is 32.2. The monoisotopic (exact) mass is 484 g/mol. The zero-order valence-corrected chi connectivity index (χ0v) is 21.0. The zero-order valence-electron chi connectivity index (χ0n) is 20.2. The lowest BCUT2D eigenvalue weighted by atomic mass is 9.98. The van der Waals surface area contributed by atoms with E-state index in [1.807, 2.05) is 32.0 Å². The topological polar surface area (TPSA) is 54.0 Å². The molecule has 34 heavy (non-hydrogen) atoms. The number of ether oxygens (including phenoxy) is 4. The van der Waals surface area contributed by atoms with Gasteiger partial charge in [-0.15, -0.1) is 0 Å². The minimum absolute atomic E-state index is 0.231. The second-order valence-electron chi connectivity index (χ2n) is 7.84. The maximum atomic E-state index is 13.8. The molecule has 0 bridgehead atoms. The Morgan fingerprint density at radius 2 is 1.56 bits per heavy atom. The third-order valence-corrected chi connectivity index (χ3v) is 6.59. The number of hydrogen-bond acceptors (Lipinski definition) is 6. The molecule has 0 saturated carbocycles. The van der Waals surface area contributed by atoms with Gasteiger partial charge in [0.1, 0.15) is 28.8 Å². The summed E-state index contributed by atoms with van der Waals surface area (Å²) in [6.45, 7) is 4.00. The summed E-state index contributed by atoms with van der Waals surface area (Å²) in [5, 5.41) is 0.854. The van der Waals surface area contributed by atoms with Crippen LogP contribution in [0.3, 0.4) is 0 Å². The fraction of sp³-hybridized carbons (Fsp3) is 0.296. The van der Waals surface area contributed by atoms with Gasteiger partial charge in [-0.3, -0.25) is 4.79 Å². The smallest absolute Gasteiger partial charge is 0.220 e. The fourth-order valence-electron chi connectivity index (χ4n) is 3.81. The standard InChI is InChI=1S/C27H29FO5S/c1-16(2)10-13-23(34-27(29)17-8-7-9-18(28)14-17)19-15-22(32-5)24-20(30-3)11-12-21(31-4)25(24)26(19)33-6/h7-12,14-15,23H,13H2,1-6H3. The van der Waals surface area contributed by atoms with Crippen LogP contribution in [0.1, 0.15) is 41.4 Å². The number of methoxy groups -OCH3 is 4. The number of benzene rings is 3. The van der Waals surface area contributed by atoms with E-state index in [-0.39, 0.29) is 10.4 Å². The first-order valence-electron chi connectivity index (χ1n) is 10.7. The fourth-order valence-corrected chi connectivity index (χ4v) is 4.83. The van der Waals surface area contributed by atoms with Gasteiger partial charge in [-0.2, -0.15) is 0 Å². The second kappa shape index (κ2) is 11.3. The van der Waals surface area contributed by atoms with E-state index in [1.54, 1.807) is 34.5 Å². The zero-order chi connectivity index (χ0) is 24.8. The number of allylic oxidation sites excluding steroid dienone is 2. The van der Waals surface area contributed by atoms with Crippen LogP contribution >= 0.6 is 11.8 Å². The van der Waals surface area contributed by atoms with Gasteiger partial charge in [-0.25, -0.2) is 4.39 Å². The van der Waals surface area contributed by atoms with Gasteiger partial charge in [-0.1, -0.05) is 35.5 Å². The molecule has 0 radical (unpaired) electrons. The maximum absolute atomic E-state index is 13.8. The first-order valence-corrected chi connectivity index (χ1v) is 11.6. The van der Waals surface area contributed by atoms with Gasteiger partial charge < -0.3 is 18.9 Å². The van der Waals surface area contributed by atoms with Crippen molar-refractivity contribution in [3.05, 3.63) is 71.1 Å². The van der Waals surface area contributed by atoms with Gasteiger partial charge >= 0.3 is 0 Å². The van der Waals surface area contributed by atoms with E-state index in [4.69, 9.17) is 18.9 Å². The highest BCUT2D eigenvalue weighted by Gasteiger charge is 2.27. The van der Waals surface area contributed by atoms with Crippen LogP contribution in [-0.4, -0.2) is 33.6 Å². The number of hydrogen-bond donors (Lipinski definition) is 0. The molecule has 0 aliphatic carbocycles. The van der Waals surface area contributed by atoms with Crippen molar-refractivity contribution in [2.45, 2.75) is 25.5 Å². The van der Waals surface area contributed by atoms with Gasteiger partial charge in [0, 0.05) is 16.4 Å². The van der Waals surface area contributed by atoms with Crippen LogP contribution in [0.2, 0.25) is 0 Å². The second-order valence-corrected chi connectivity index (χ2v) is 9.02. The largest absolute Gasteiger partial charge is 0.496 e. The third kappa shape index (κ3) is 5.30. The number of fused-ring (bicyclic) bond motifs is 1. The molecule has 3 aromatic rings. The highest BCUT2D eigenvalue weighted by molar-refractivity contribution is 8.14. The van der Waals surface area contributed by atoms with E-state index in [9.17, 15) is 9.18 Å². The molecule has 3 aromatic carbocycles. The van der Waals surface area contributed by atoms with Crippen LogP contribution in [-0.2, 0) is 0 Å². The molecule has 1 atom stereocenters. The number of carbonyl (C=O) groups excluding carboxylic acids is 1. The molecule has 0 spiro atoms. The Kier molecular flexibility index (Phi) is 8.45. The lowest BCUT2D eigenvalue weighted by Crippen LogP contribution is -2.05. The van der Waals surface area contributed by atoms with E-state index in [1.165, 1.54) is 18.2 Å². The predicted molar refractivity (Wildman–Crippen MR) is 135 cm³/mol. The van der Waals surface area contributed by atoms with E-state index < -0.39 is 5.82 Å². The summed E-state index contributed by atoms with van der Waals surface area (Å²) in [6.07, 6.45) is 2.63. The van der Waals surface area contributed by atoms with Crippen molar-refractivity contribution in [1.82, 2.24) is 0 Å². The first kappa shape index (κ1) is 25.4. The van der Waals surface area contributed by atoms with E-state index in [0.29, 0.717) is 45.8 Å². The first-order chi connectivity index (χ1) is 16.3. The summed E-state index contributed by atoms with van der Waals surface area (Å²) < 4.78 is 36.6. The molecule has 0 aliphatic rings. The molecule has 0 aromatic heterocycles. The third-order valence-electron chi connectivity index (χ3n) is 5.41.